The van der Waals surface area contributed by atoms with Gasteiger partial charge in [-0.1, -0.05) is 36.6 Å². The Kier molecular flexibility index (Phi) is 7.68. The van der Waals surface area contributed by atoms with Gasteiger partial charge in [0, 0.05) is 11.9 Å². The SMILES string of the molecule is CCCCC(CSSc1ccccn1)N=C(N)N. The molecular formula is C12H20N4S2. The van der Waals surface area contributed by atoms with E-state index in [4.69, 9.17) is 11.5 Å². The Hall–Kier alpha value is -0.880. The molecule has 1 aromatic rings. The van der Waals surface area contributed by atoms with Crippen LogP contribution in [0.2, 0.25) is 0 Å². The fourth-order valence-corrected chi connectivity index (χ4v) is 3.56. The van der Waals surface area contributed by atoms with Crippen LogP contribution < -0.4 is 11.5 Å². The van der Waals surface area contributed by atoms with Crippen molar-refractivity contribution in [3.8, 4) is 0 Å². The van der Waals surface area contributed by atoms with Crippen molar-refractivity contribution in [2.75, 3.05) is 5.75 Å². The van der Waals surface area contributed by atoms with E-state index in [9.17, 15) is 0 Å². The molecule has 0 aromatic carbocycles. The number of aromatic nitrogens is 1. The highest BCUT2D eigenvalue weighted by Gasteiger charge is 2.08. The molecule has 0 saturated carbocycles. The molecule has 1 aromatic heterocycles. The summed E-state index contributed by atoms with van der Waals surface area (Å²) in [5.74, 6) is 1.08. The highest BCUT2D eigenvalue weighted by Crippen LogP contribution is 2.30. The molecule has 1 atom stereocenters. The van der Waals surface area contributed by atoms with Gasteiger partial charge in [0.25, 0.3) is 0 Å². The summed E-state index contributed by atoms with van der Waals surface area (Å²) in [6.45, 7) is 2.17. The first kappa shape index (κ1) is 15.2. The Morgan fingerprint density at radius 1 is 1.44 bits per heavy atom. The highest BCUT2D eigenvalue weighted by molar-refractivity contribution is 8.76. The first-order chi connectivity index (χ1) is 8.72. The number of hydrogen-bond acceptors (Lipinski definition) is 4. The van der Waals surface area contributed by atoms with E-state index in [1.54, 1.807) is 27.8 Å². The number of unbranched alkanes of at least 4 members (excludes halogenated alkanes) is 1. The van der Waals surface area contributed by atoms with Crippen molar-refractivity contribution < 1.29 is 0 Å². The second-order valence-electron chi connectivity index (χ2n) is 3.89. The topological polar surface area (TPSA) is 77.3 Å². The molecule has 100 valence electrons. The third-order valence-electron chi connectivity index (χ3n) is 2.27. The van der Waals surface area contributed by atoms with Crippen LogP contribution >= 0.6 is 21.6 Å². The molecule has 1 heterocycles. The Morgan fingerprint density at radius 3 is 2.89 bits per heavy atom. The van der Waals surface area contributed by atoms with Gasteiger partial charge < -0.3 is 11.5 Å². The summed E-state index contributed by atoms with van der Waals surface area (Å²) < 4.78 is 0. The van der Waals surface area contributed by atoms with E-state index < -0.39 is 0 Å². The maximum absolute atomic E-state index is 5.45. The molecule has 6 heteroatoms. The van der Waals surface area contributed by atoms with Gasteiger partial charge in [-0.25, -0.2) is 9.98 Å². The molecule has 0 spiro atoms. The zero-order valence-corrected chi connectivity index (χ0v) is 12.2. The molecule has 0 aliphatic rings. The Morgan fingerprint density at radius 2 is 2.28 bits per heavy atom. The van der Waals surface area contributed by atoms with Gasteiger partial charge >= 0.3 is 0 Å². The van der Waals surface area contributed by atoms with E-state index in [1.165, 1.54) is 0 Å². The minimum atomic E-state index is 0.180. The van der Waals surface area contributed by atoms with Crippen molar-refractivity contribution >= 4 is 27.5 Å². The van der Waals surface area contributed by atoms with Crippen LogP contribution in [-0.2, 0) is 0 Å². The molecule has 1 rings (SSSR count). The number of pyridine rings is 1. The first-order valence-corrected chi connectivity index (χ1v) is 8.33. The highest BCUT2D eigenvalue weighted by atomic mass is 33.1. The predicted octanol–water partition coefficient (Wildman–Crippen LogP) is 2.65. The summed E-state index contributed by atoms with van der Waals surface area (Å²) in [5.41, 5.74) is 10.9. The number of hydrogen-bond donors (Lipinski definition) is 2. The van der Waals surface area contributed by atoms with Crippen LogP contribution in [0.3, 0.4) is 0 Å². The monoisotopic (exact) mass is 284 g/mol. The maximum atomic E-state index is 5.45. The van der Waals surface area contributed by atoms with Crippen LogP contribution in [0.4, 0.5) is 0 Å². The molecule has 1 unspecified atom stereocenters. The van der Waals surface area contributed by atoms with Gasteiger partial charge in [0.1, 0.15) is 5.03 Å². The van der Waals surface area contributed by atoms with E-state index in [2.05, 4.69) is 16.9 Å². The Labute approximate surface area is 116 Å². The maximum Gasteiger partial charge on any atom is 0.186 e. The number of guanidine groups is 1. The first-order valence-electron chi connectivity index (χ1n) is 6.01. The smallest absolute Gasteiger partial charge is 0.186 e. The zero-order valence-electron chi connectivity index (χ0n) is 10.6. The van der Waals surface area contributed by atoms with Crippen molar-refractivity contribution in [3.63, 3.8) is 0 Å². The minimum Gasteiger partial charge on any atom is -0.370 e. The second kappa shape index (κ2) is 9.10. The largest absolute Gasteiger partial charge is 0.370 e. The zero-order chi connectivity index (χ0) is 13.2. The van der Waals surface area contributed by atoms with Crippen molar-refractivity contribution in [3.05, 3.63) is 24.4 Å². The van der Waals surface area contributed by atoms with Crippen molar-refractivity contribution in [2.24, 2.45) is 16.5 Å². The third-order valence-corrected chi connectivity index (χ3v) is 4.59. The van der Waals surface area contributed by atoms with Crippen LogP contribution in [0.25, 0.3) is 0 Å². The summed E-state index contributed by atoms with van der Waals surface area (Å²) in [6, 6.07) is 6.11. The van der Waals surface area contributed by atoms with Gasteiger partial charge in [-0.05, 0) is 29.3 Å². The van der Waals surface area contributed by atoms with E-state index in [-0.39, 0.29) is 12.0 Å². The summed E-state index contributed by atoms with van der Waals surface area (Å²) >= 11 is 0. The molecule has 0 bridgehead atoms. The number of rotatable bonds is 8. The van der Waals surface area contributed by atoms with E-state index in [1.807, 2.05) is 18.2 Å². The lowest BCUT2D eigenvalue weighted by atomic mass is 10.1. The standard InChI is InChI=1S/C12H20N4S2/c1-2-3-6-10(16-12(13)14)9-17-18-11-7-4-5-8-15-11/h4-5,7-8,10H,2-3,6,9H2,1H3,(H4,13,14,16). The lowest BCUT2D eigenvalue weighted by Crippen LogP contribution is -2.26. The van der Waals surface area contributed by atoms with E-state index in [0.717, 1.165) is 30.0 Å². The van der Waals surface area contributed by atoms with Crippen molar-refractivity contribution in [1.29, 1.82) is 0 Å². The number of aliphatic imine (C=N–C) groups is 1. The second-order valence-corrected chi connectivity index (χ2v) is 6.25. The average molecular weight is 284 g/mol. The van der Waals surface area contributed by atoms with Crippen LogP contribution in [0.15, 0.2) is 34.4 Å². The molecule has 4 nitrogen and oxygen atoms in total. The molecule has 0 fully saturated rings. The molecule has 18 heavy (non-hydrogen) atoms. The van der Waals surface area contributed by atoms with Crippen molar-refractivity contribution in [1.82, 2.24) is 4.98 Å². The van der Waals surface area contributed by atoms with Crippen LogP contribution in [-0.4, -0.2) is 22.7 Å². The molecule has 0 amide bonds. The lowest BCUT2D eigenvalue weighted by molar-refractivity contribution is 0.624. The lowest BCUT2D eigenvalue weighted by Gasteiger charge is -2.11. The van der Waals surface area contributed by atoms with Crippen LogP contribution in [0, 0.1) is 0 Å². The van der Waals surface area contributed by atoms with Crippen molar-refractivity contribution in [2.45, 2.75) is 37.3 Å². The summed E-state index contributed by atoms with van der Waals surface area (Å²) in [7, 11) is 3.41. The van der Waals surface area contributed by atoms with Gasteiger partial charge in [-0.15, -0.1) is 0 Å². The minimum absolute atomic E-state index is 0.180. The van der Waals surface area contributed by atoms with Gasteiger partial charge in [0.15, 0.2) is 5.96 Å². The van der Waals surface area contributed by atoms with Gasteiger partial charge in [0.2, 0.25) is 0 Å². The van der Waals surface area contributed by atoms with Crippen LogP contribution in [0.5, 0.6) is 0 Å². The molecule has 0 saturated heterocycles. The van der Waals surface area contributed by atoms with Gasteiger partial charge in [-0.3, -0.25) is 0 Å². The fraction of sp³-hybridized carbons (Fsp3) is 0.500. The fourth-order valence-electron chi connectivity index (χ4n) is 1.41. The van der Waals surface area contributed by atoms with E-state index >= 15 is 0 Å². The molecule has 0 radical (unpaired) electrons. The molecule has 0 aliphatic heterocycles. The molecule has 4 N–H and O–H groups in total. The normalized spacial score (nSPS) is 12.1. The Bertz CT molecular complexity index is 352. The van der Waals surface area contributed by atoms with Gasteiger partial charge in [-0.2, -0.15) is 0 Å². The third kappa shape index (κ3) is 6.76. The Balaban J connectivity index is 2.35. The average Bonchev–Trinajstić information content (AvgIpc) is 2.36. The summed E-state index contributed by atoms with van der Waals surface area (Å²) in [5, 5.41) is 1.02. The quantitative estimate of drug-likeness (QED) is 0.436. The number of nitrogens with zero attached hydrogens (tertiary/aromatic N) is 2. The summed E-state index contributed by atoms with van der Waals surface area (Å²) in [6.07, 6.45) is 5.14. The molecular weight excluding hydrogens is 264 g/mol. The number of nitrogens with two attached hydrogens (primary N) is 2. The van der Waals surface area contributed by atoms with Crippen LogP contribution in [0.1, 0.15) is 26.2 Å². The predicted molar refractivity (Wildman–Crippen MR) is 81.7 cm³/mol. The summed E-state index contributed by atoms with van der Waals surface area (Å²) in [4.78, 5) is 8.52. The van der Waals surface area contributed by atoms with Gasteiger partial charge in [0.05, 0.1) is 6.04 Å². The van der Waals surface area contributed by atoms with E-state index in [0.29, 0.717) is 0 Å². The molecule has 0 aliphatic carbocycles.